The second-order valence-electron chi connectivity index (χ2n) is 8.45. The van der Waals surface area contributed by atoms with E-state index < -0.39 is 11.5 Å². The van der Waals surface area contributed by atoms with E-state index in [4.69, 9.17) is 18.6 Å². The first kappa shape index (κ1) is 25.7. The molecule has 0 saturated heterocycles. The Morgan fingerprint density at radius 1 is 1.00 bits per heavy atom. The maximum atomic E-state index is 13.1. The third-order valence-electron chi connectivity index (χ3n) is 5.80. The van der Waals surface area contributed by atoms with Crippen molar-refractivity contribution in [2.75, 3.05) is 26.6 Å². The van der Waals surface area contributed by atoms with Gasteiger partial charge in [0.25, 0.3) is 0 Å². The van der Waals surface area contributed by atoms with E-state index in [2.05, 4.69) is 19.2 Å². The monoisotopic (exact) mass is 481 g/mol. The summed E-state index contributed by atoms with van der Waals surface area (Å²) < 4.78 is 21.7. The Labute approximate surface area is 204 Å². The van der Waals surface area contributed by atoms with Crippen LogP contribution in [-0.4, -0.2) is 32.3 Å². The van der Waals surface area contributed by atoms with Gasteiger partial charge in [0, 0.05) is 29.7 Å². The Hall–Kier alpha value is -3.94. The van der Waals surface area contributed by atoms with Crippen LogP contribution in [0.1, 0.15) is 54.6 Å². The number of anilines is 1. The van der Waals surface area contributed by atoms with Crippen molar-refractivity contribution in [2.45, 2.75) is 39.0 Å². The summed E-state index contributed by atoms with van der Waals surface area (Å²) in [6.45, 7) is 5.74. The molecule has 8 heteroatoms. The topological polar surface area (TPSA) is 107 Å². The van der Waals surface area contributed by atoms with Gasteiger partial charge in [-0.1, -0.05) is 32.0 Å². The van der Waals surface area contributed by atoms with Crippen molar-refractivity contribution in [3.63, 3.8) is 0 Å². The molecule has 1 heterocycles. The van der Waals surface area contributed by atoms with E-state index in [-0.39, 0.29) is 35.2 Å². The van der Waals surface area contributed by atoms with Crippen LogP contribution in [0.5, 0.6) is 23.0 Å². The molecular weight excluding hydrogens is 450 g/mol. The number of aryl methyl sites for hydroxylation is 1. The molecular formula is C27H31NO7. The standard InChI is InChI=1S/C27H31NO7/c1-15(2)17-7-9-18(10-8-17)28-23(30)14-20(24-21(29)13-16(3)35-27(24)31)19-11-12-22(32-4)26(34-6)25(19)33-5/h7-13,15,20,29H,14H2,1-6H3,(H,28,30). The van der Waals surface area contributed by atoms with Crippen LogP contribution in [0.25, 0.3) is 0 Å². The number of carbonyl (C=O) groups excluding carboxylic acids is 1. The van der Waals surface area contributed by atoms with E-state index in [1.807, 2.05) is 24.3 Å². The van der Waals surface area contributed by atoms with Crippen LogP contribution in [0.3, 0.4) is 0 Å². The van der Waals surface area contributed by atoms with Gasteiger partial charge in [0.2, 0.25) is 11.7 Å². The molecule has 2 N–H and O–H groups in total. The van der Waals surface area contributed by atoms with Gasteiger partial charge >= 0.3 is 5.63 Å². The fourth-order valence-electron chi connectivity index (χ4n) is 4.04. The summed E-state index contributed by atoms with van der Waals surface area (Å²) in [4.78, 5) is 26.0. The molecule has 1 aromatic heterocycles. The molecule has 0 aliphatic rings. The summed E-state index contributed by atoms with van der Waals surface area (Å²) in [5.41, 5.74) is 1.45. The lowest BCUT2D eigenvalue weighted by atomic mass is 9.87. The summed E-state index contributed by atoms with van der Waals surface area (Å²) in [6.07, 6.45) is -0.168. The average Bonchev–Trinajstić information content (AvgIpc) is 2.82. The van der Waals surface area contributed by atoms with Crippen molar-refractivity contribution in [1.82, 2.24) is 0 Å². The third-order valence-corrected chi connectivity index (χ3v) is 5.80. The van der Waals surface area contributed by atoms with E-state index in [1.54, 1.807) is 19.1 Å². The van der Waals surface area contributed by atoms with Crippen molar-refractivity contribution >= 4 is 11.6 Å². The normalized spacial score (nSPS) is 11.7. The Bertz CT molecular complexity index is 1250. The average molecular weight is 482 g/mol. The molecule has 35 heavy (non-hydrogen) atoms. The molecule has 8 nitrogen and oxygen atoms in total. The first-order valence-corrected chi connectivity index (χ1v) is 11.2. The molecule has 186 valence electrons. The van der Waals surface area contributed by atoms with Crippen molar-refractivity contribution in [3.8, 4) is 23.0 Å². The van der Waals surface area contributed by atoms with Crippen molar-refractivity contribution in [2.24, 2.45) is 0 Å². The van der Waals surface area contributed by atoms with Crippen LogP contribution < -0.4 is 25.2 Å². The Kier molecular flexibility index (Phi) is 8.06. The summed E-state index contributed by atoms with van der Waals surface area (Å²) >= 11 is 0. The number of nitrogens with one attached hydrogen (secondary N) is 1. The van der Waals surface area contributed by atoms with E-state index >= 15 is 0 Å². The molecule has 3 rings (SSSR count). The van der Waals surface area contributed by atoms with Crippen LogP contribution in [0.4, 0.5) is 5.69 Å². The first-order valence-electron chi connectivity index (χ1n) is 11.2. The second-order valence-corrected chi connectivity index (χ2v) is 8.45. The zero-order valence-corrected chi connectivity index (χ0v) is 20.8. The summed E-state index contributed by atoms with van der Waals surface area (Å²) in [5, 5.41) is 13.6. The number of hydrogen-bond donors (Lipinski definition) is 2. The maximum absolute atomic E-state index is 13.1. The predicted molar refractivity (Wildman–Crippen MR) is 133 cm³/mol. The molecule has 0 bridgehead atoms. The van der Waals surface area contributed by atoms with Crippen LogP contribution in [0, 0.1) is 6.92 Å². The molecule has 1 atom stereocenters. The maximum Gasteiger partial charge on any atom is 0.343 e. The highest BCUT2D eigenvalue weighted by Gasteiger charge is 2.30. The van der Waals surface area contributed by atoms with Gasteiger partial charge in [-0.25, -0.2) is 4.79 Å². The number of rotatable bonds is 9. The minimum atomic E-state index is -0.892. The lowest BCUT2D eigenvalue weighted by molar-refractivity contribution is -0.116. The van der Waals surface area contributed by atoms with Gasteiger partial charge in [-0.2, -0.15) is 0 Å². The Morgan fingerprint density at radius 3 is 2.20 bits per heavy atom. The lowest BCUT2D eigenvalue weighted by Gasteiger charge is -2.22. The molecule has 0 fully saturated rings. The fraction of sp³-hybridized carbons (Fsp3) is 0.333. The predicted octanol–water partition coefficient (Wildman–Crippen LogP) is 4.96. The number of ether oxygens (including phenoxy) is 3. The molecule has 0 spiro atoms. The van der Waals surface area contributed by atoms with Gasteiger partial charge in [-0.3, -0.25) is 4.79 Å². The largest absolute Gasteiger partial charge is 0.507 e. The van der Waals surface area contributed by atoms with Crippen molar-refractivity contribution in [3.05, 3.63) is 75.3 Å². The van der Waals surface area contributed by atoms with E-state index in [0.717, 1.165) is 5.56 Å². The third kappa shape index (κ3) is 5.59. The highest BCUT2D eigenvalue weighted by Crippen LogP contribution is 2.46. The smallest absolute Gasteiger partial charge is 0.343 e. The SMILES string of the molecule is COc1ccc(C(CC(=O)Nc2ccc(C(C)C)cc2)c2c(O)cc(C)oc2=O)c(OC)c1OC. The fourth-order valence-corrected chi connectivity index (χ4v) is 4.04. The van der Waals surface area contributed by atoms with Crippen molar-refractivity contribution < 1.29 is 28.5 Å². The Balaban J connectivity index is 2.07. The highest BCUT2D eigenvalue weighted by atomic mass is 16.5. The zero-order valence-electron chi connectivity index (χ0n) is 20.8. The molecule has 0 saturated carbocycles. The molecule has 1 amide bonds. The molecule has 0 aliphatic carbocycles. The molecule has 0 radical (unpaired) electrons. The van der Waals surface area contributed by atoms with Crippen LogP contribution in [-0.2, 0) is 4.79 Å². The molecule has 2 aromatic carbocycles. The van der Waals surface area contributed by atoms with Gasteiger partial charge in [-0.15, -0.1) is 0 Å². The Morgan fingerprint density at radius 2 is 1.66 bits per heavy atom. The van der Waals surface area contributed by atoms with Gasteiger partial charge < -0.3 is 29.1 Å². The summed E-state index contributed by atoms with van der Waals surface area (Å²) in [6, 6.07) is 12.2. The van der Waals surface area contributed by atoms with E-state index in [9.17, 15) is 14.7 Å². The van der Waals surface area contributed by atoms with Gasteiger partial charge in [-0.05, 0) is 36.6 Å². The van der Waals surface area contributed by atoms with Gasteiger partial charge in [0.05, 0.1) is 26.9 Å². The van der Waals surface area contributed by atoms with Gasteiger partial charge in [0.1, 0.15) is 11.5 Å². The van der Waals surface area contributed by atoms with Crippen LogP contribution in [0.15, 0.2) is 51.7 Å². The number of amides is 1. The van der Waals surface area contributed by atoms with Crippen molar-refractivity contribution in [1.29, 1.82) is 0 Å². The van der Waals surface area contributed by atoms with Crippen LogP contribution in [0.2, 0.25) is 0 Å². The number of aromatic hydroxyl groups is 1. The molecule has 1 unspecified atom stereocenters. The van der Waals surface area contributed by atoms with E-state index in [0.29, 0.717) is 28.7 Å². The number of hydrogen-bond acceptors (Lipinski definition) is 7. The second kappa shape index (κ2) is 11.0. The van der Waals surface area contributed by atoms with Gasteiger partial charge in [0.15, 0.2) is 11.5 Å². The summed E-state index contributed by atoms with van der Waals surface area (Å²) in [7, 11) is 4.41. The molecule has 0 aliphatic heterocycles. The summed E-state index contributed by atoms with van der Waals surface area (Å²) in [5.74, 6) is 0.106. The minimum Gasteiger partial charge on any atom is -0.507 e. The highest BCUT2D eigenvalue weighted by molar-refractivity contribution is 5.91. The number of carbonyl (C=O) groups is 1. The number of methoxy groups -OCH3 is 3. The van der Waals surface area contributed by atoms with E-state index in [1.165, 1.54) is 27.4 Å². The first-order chi connectivity index (χ1) is 16.7. The zero-order chi connectivity index (χ0) is 25.7. The lowest BCUT2D eigenvalue weighted by Crippen LogP contribution is -2.21. The minimum absolute atomic E-state index is 0.0496. The van der Waals surface area contributed by atoms with Crippen LogP contribution >= 0.6 is 0 Å². The number of benzene rings is 2. The quantitative estimate of drug-likeness (QED) is 0.445. The molecule has 3 aromatic rings.